The number of hydrogen-bond acceptors (Lipinski definition) is 3. The minimum Gasteiger partial charge on any atom is -0.496 e. The average Bonchev–Trinajstić information content (AvgIpc) is 3.19. The Balaban J connectivity index is 1.32. The second-order valence-corrected chi connectivity index (χ2v) is 7.13. The predicted octanol–water partition coefficient (Wildman–Crippen LogP) is 2.84. The van der Waals surface area contributed by atoms with Crippen LogP contribution < -0.4 is 10.1 Å². The summed E-state index contributed by atoms with van der Waals surface area (Å²) in [6.45, 7) is 3.47. The van der Waals surface area contributed by atoms with E-state index in [0.29, 0.717) is 23.9 Å². The molecule has 2 aromatic rings. The van der Waals surface area contributed by atoms with Crippen LogP contribution in [-0.4, -0.2) is 44.1 Å². The van der Waals surface area contributed by atoms with Crippen molar-refractivity contribution in [1.82, 2.24) is 10.2 Å². The van der Waals surface area contributed by atoms with Crippen molar-refractivity contribution in [2.24, 2.45) is 5.92 Å². The number of fused-ring (bicyclic) bond motifs is 3. The van der Waals surface area contributed by atoms with E-state index >= 15 is 0 Å². The number of carbonyl (C=O) groups excluding carboxylic acids is 1. The highest BCUT2D eigenvalue weighted by Gasteiger charge is 2.41. The molecule has 0 aromatic heterocycles. The Morgan fingerprint density at radius 1 is 1.23 bits per heavy atom. The lowest BCUT2D eigenvalue weighted by molar-refractivity contribution is 0.0949. The first-order valence-corrected chi connectivity index (χ1v) is 9.07. The van der Waals surface area contributed by atoms with E-state index in [2.05, 4.69) is 22.3 Å². The average molecular weight is 354 g/mol. The summed E-state index contributed by atoms with van der Waals surface area (Å²) >= 11 is 0. The second-order valence-electron chi connectivity index (χ2n) is 7.13. The molecule has 1 fully saturated rings. The highest BCUT2D eigenvalue weighted by Crippen LogP contribution is 2.46. The molecule has 1 aliphatic carbocycles. The fourth-order valence-electron chi connectivity index (χ4n) is 4.36. The summed E-state index contributed by atoms with van der Waals surface area (Å²) in [4.78, 5) is 14.5. The van der Waals surface area contributed by atoms with Gasteiger partial charge in [-0.15, -0.1) is 0 Å². The van der Waals surface area contributed by atoms with Crippen LogP contribution in [-0.2, 0) is 6.42 Å². The summed E-state index contributed by atoms with van der Waals surface area (Å²) in [6.07, 6.45) is 1.11. The summed E-state index contributed by atoms with van der Waals surface area (Å²) in [6, 6.07) is 12.0. The molecule has 1 N–H and O–H groups in total. The van der Waals surface area contributed by atoms with Gasteiger partial charge in [0.15, 0.2) is 0 Å². The van der Waals surface area contributed by atoms with Gasteiger partial charge in [-0.25, -0.2) is 4.39 Å². The van der Waals surface area contributed by atoms with Gasteiger partial charge in [0.05, 0.1) is 7.11 Å². The zero-order chi connectivity index (χ0) is 18.1. The van der Waals surface area contributed by atoms with Gasteiger partial charge in [-0.1, -0.05) is 12.1 Å². The highest BCUT2D eigenvalue weighted by atomic mass is 19.1. The van der Waals surface area contributed by atoms with Crippen LogP contribution in [0.3, 0.4) is 0 Å². The van der Waals surface area contributed by atoms with Gasteiger partial charge in [-0.3, -0.25) is 4.79 Å². The maximum atomic E-state index is 12.9. The van der Waals surface area contributed by atoms with E-state index in [1.54, 1.807) is 7.11 Å². The van der Waals surface area contributed by atoms with Gasteiger partial charge in [0.2, 0.25) is 0 Å². The molecule has 0 radical (unpaired) electrons. The molecule has 26 heavy (non-hydrogen) atoms. The molecule has 5 heteroatoms. The minimum absolute atomic E-state index is 0.156. The lowest BCUT2D eigenvalue weighted by atomic mass is 9.96. The summed E-state index contributed by atoms with van der Waals surface area (Å²) in [7, 11) is 1.74. The first-order valence-electron chi connectivity index (χ1n) is 9.07. The van der Waals surface area contributed by atoms with Crippen molar-refractivity contribution in [2.75, 3.05) is 33.3 Å². The van der Waals surface area contributed by atoms with Gasteiger partial charge >= 0.3 is 0 Å². The molecular weight excluding hydrogens is 331 g/mol. The number of nitrogens with one attached hydrogen (secondary N) is 1. The van der Waals surface area contributed by atoms with Crippen molar-refractivity contribution in [3.63, 3.8) is 0 Å². The van der Waals surface area contributed by atoms with Crippen molar-refractivity contribution < 1.29 is 13.9 Å². The summed E-state index contributed by atoms with van der Waals surface area (Å²) < 4.78 is 18.5. The molecule has 2 unspecified atom stereocenters. The predicted molar refractivity (Wildman–Crippen MR) is 98.1 cm³/mol. The largest absolute Gasteiger partial charge is 0.496 e. The Labute approximate surface area is 153 Å². The molecule has 136 valence electrons. The fourth-order valence-corrected chi connectivity index (χ4v) is 4.36. The molecular formula is C21H23FN2O2. The first kappa shape index (κ1) is 17.0. The van der Waals surface area contributed by atoms with Gasteiger partial charge < -0.3 is 15.0 Å². The van der Waals surface area contributed by atoms with E-state index in [0.717, 1.165) is 31.8 Å². The third-order valence-electron chi connectivity index (χ3n) is 5.57. The normalized spacial score (nSPS) is 21.3. The number of amides is 1. The lowest BCUT2D eigenvalue weighted by Gasteiger charge is -2.18. The van der Waals surface area contributed by atoms with Crippen molar-refractivity contribution in [3.8, 4) is 5.75 Å². The molecule has 0 spiro atoms. The number of rotatable bonds is 5. The Bertz CT molecular complexity index is 806. The fraction of sp³-hybridized carbons (Fsp3) is 0.381. The van der Waals surface area contributed by atoms with Gasteiger partial charge in [0.25, 0.3) is 5.91 Å². The van der Waals surface area contributed by atoms with E-state index in [1.165, 1.54) is 35.4 Å². The molecule has 1 saturated heterocycles. The van der Waals surface area contributed by atoms with Gasteiger partial charge in [-0.05, 0) is 48.2 Å². The van der Waals surface area contributed by atoms with E-state index < -0.39 is 0 Å². The molecule has 0 bridgehead atoms. The third-order valence-corrected chi connectivity index (χ3v) is 5.57. The molecule has 4 nitrogen and oxygen atoms in total. The Kier molecular flexibility index (Phi) is 4.64. The van der Waals surface area contributed by atoms with Crippen LogP contribution in [0.15, 0.2) is 42.5 Å². The van der Waals surface area contributed by atoms with Crippen LogP contribution in [0.1, 0.15) is 27.4 Å². The maximum absolute atomic E-state index is 12.9. The van der Waals surface area contributed by atoms with Crippen molar-refractivity contribution in [3.05, 3.63) is 65.0 Å². The second kappa shape index (κ2) is 7.08. The zero-order valence-corrected chi connectivity index (χ0v) is 14.9. The van der Waals surface area contributed by atoms with E-state index in [4.69, 9.17) is 4.74 Å². The topological polar surface area (TPSA) is 41.6 Å². The smallest absolute Gasteiger partial charge is 0.251 e. The van der Waals surface area contributed by atoms with Crippen molar-refractivity contribution >= 4 is 5.91 Å². The zero-order valence-electron chi connectivity index (χ0n) is 14.9. The molecule has 2 aliphatic rings. The van der Waals surface area contributed by atoms with Crippen LogP contribution in [0.2, 0.25) is 0 Å². The van der Waals surface area contributed by atoms with Crippen LogP contribution in [0.5, 0.6) is 5.75 Å². The molecule has 2 aromatic carbocycles. The monoisotopic (exact) mass is 354 g/mol. The van der Waals surface area contributed by atoms with Crippen molar-refractivity contribution in [2.45, 2.75) is 12.3 Å². The highest BCUT2D eigenvalue weighted by molar-refractivity contribution is 5.94. The number of carbonyl (C=O) groups is 1. The first-order chi connectivity index (χ1) is 12.7. The van der Waals surface area contributed by atoms with Crippen molar-refractivity contribution in [1.29, 1.82) is 0 Å². The number of hydrogen-bond donors (Lipinski definition) is 1. The van der Waals surface area contributed by atoms with Gasteiger partial charge in [0, 0.05) is 43.2 Å². The molecule has 4 rings (SSSR count). The summed E-state index contributed by atoms with van der Waals surface area (Å²) in [5.74, 6) is 1.67. The van der Waals surface area contributed by atoms with E-state index in [-0.39, 0.29) is 11.7 Å². The number of nitrogens with zero attached hydrogens (tertiary/aromatic N) is 1. The Morgan fingerprint density at radius 3 is 2.81 bits per heavy atom. The number of halogens is 1. The molecule has 0 saturated carbocycles. The van der Waals surface area contributed by atoms with Gasteiger partial charge in [-0.2, -0.15) is 0 Å². The van der Waals surface area contributed by atoms with Crippen LogP contribution in [0, 0.1) is 11.7 Å². The standard InChI is InChI=1S/C21H23FN2O2/c1-26-19-4-2-3-15-11-16-12-24(13-18(16)20(15)19)10-9-23-21(25)14-5-7-17(22)8-6-14/h2-8,16,18H,9-13H2,1H3,(H,23,25). The van der Waals surface area contributed by atoms with Crippen LogP contribution in [0.4, 0.5) is 4.39 Å². The third kappa shape index (κ3) is 3.19. The lowest BCUT2D eigenvalue weighted by Crippen LogP contribution is -2.34. The summed E-state index contributed by atoms with van der Waals surface area (Å²) in [5, 5.41) is 2.92. The Hall–Kier alpha value is -2.40. The number of likely N-dealkylation sites (tertiary alicyclic amines) is 1. The quantitative estimate of drug-likeness (QED) is 0.898. The Morgan fingerprint density at radius 2 is 2.04 bits per heavy atom. The SMILES string of the molecule is COc1cccc2c1C1CN(CCNC(=O)c3ccc(F)cc3)CC1C2. The van der Waals surface area contributed by atoms with Crippen LogP contribution in [0.25, 0.3) is 0 Å². The number of benzene rings is 2. The molecule has 1 amide bonds. The van der Waals surface area contributed by atoms with Gasteiger partial charge in [0.1, 0.15) is 11.6 Å². The molecule has 2 atom stereocenters. The molecule has 1 heterocycles. The maximum Gasteiger partial charge on any atom is 0.251 e. The minimum atomic E-state index is -0.333. The summed E-state index contributed by atoms with van der Waals surface area (Å²) in [5.41, 5.74) is 3.28. The number of methoxy groups -OCH3 is 1. The van der Waals surface area contributed by atoms with E-state index in [9.17, 15) is 9.18 Å². The molecule has 1 aliphatic heterocycles. The van der Waals surface area contributed by atoms with Crippen LogP contribution >= 0.6 is 0 Å². The number of ether oxygens (including phenoxy) is 1. The van der Waals surface area contributed by atoms with E-state index in [1.807, 2.05) is 6.07 Å².